The van der Waals surface area contributed by atoms with E-state index in [0.717, 1.165) is 11.5 Å². The molecule has 1 aliphatic rings. The second-order valence-electron chi connectivity index (χ2n) is 3.45. The van der Waals surface area contributed by atoms with Gasteiger partial charge in [-0.15, -0.1) is 0 Å². The van der Waals surface area contributed by atoms with Crippen molar-refractivity contribution in [2.45, 2.75) is 4.90 Å². The number of hydrogen-bond acceptors (Lipinski definition) is 3. The summed E-state index contributed by atoms with van der Waals surface area (Å²) in [7, 11) is -3.65. The molecule has 1 aromatic carbocycles. The molecule has 1 saturated heterocycles. The Hall–Kier alpha value is -0.590. The van der Waals surface area contributed by atoms with Crippen molar-refractivity contribution >= 4 is 21.8 Å². The van der Waals surface area contributed by atoms with Crippen LogP contribution in [0.2, 0.25) is 0 Å². The van der Waals surface area contributed by atoms with Gasteiger partial charge in [0.25, 0.3) is 0 Å². The molecule has 0 aromatic heterocycles. The van der Waals surface area contributed by atoms with Crippen molar-refractivity contribution < 1.29 is 12.8 Å². The van der Waals surface area contributed by atoms with E-state index in [1.54, 1.807) is 11.8 Å². The van der Waals surface area contributed by atoms with Crippen molar-refractivity contribution in [3.8, 4) is 0 Å². The van der Waals surface area contributed by atoms with Gasteiger partial charge >= 0.3 is 0 Å². The first kappa shape index (κ1) is 11.9. The van der Waals surface area contributed by atoms with Gasteiger partial charge in [0.1, 0.15) is 10.7 Å². The molecule has 88 valence electrons. The van der Waals surface area contributed by atoms with Crippen LogP contribution >= 0.6 is 11.8 Å². The van der Waals surface area contributed by atoms with Crippen LogP contribution in [0.5, 0.6) is 0 Å². The van der Waals surface area contributed by atoms with E-state index in [2.05, 4.69) is 0 Å². The van der Waals surface area contributed by atoms with Crippen molar-refractivity contribution in [1.82, 2.24) is 4.31 Å². The zero-order valence-electron chi connectivity index (χ0n) is 8.60. The molecule has 16 heavy (non-hydrogen) atoms. The van der Waals surface area contributed by atoms with Crippen LogP contribution in [0.15, 0.2) is 29.2 Å². The summed E-state index contributed by atoms with van der Waals surface area (Å²) in [5.74, 6) is 0.863. The van der Waals surface area contributed by atoms with E-state index in [4.69, 9.17) is 0 Å². The summed E-state index contributed by atoms with van der Waals surface area (Å²) in [5, 5.41) is 0. The Labute approximate surface area is 98.7 Å². The van der Waals surface area contributed by atoms with Gasteiger partial charge in [-0.25, -0.2) is 12.8 Å². The lowest BCUT2D eigenvalue weighted by atomic mass is 10.4. The highest BCUT2D eigenvalue weighted by Crippen LogP contribution is 2.21. The molecule has 1 heterocycles. The summed E-state index contributed by atoms with van der Waals surface area (Å²) >= 11 is 1.71. The molecular formula is C10H12FNO2S2. The van der Waals surface area contributed by atoms with Gasteiger partial charge in [-0.1, -0.05) is 12.1 Å². The molecular weight excluding hydrogens is 249 g/mol. The zero-order chi connectivity index (χ0) is 11.6. The summed E-state index contributed by atoms with van der Waals surface area (Å²) in [6.07, 6.45) is 0. The van der Waals surface area contributed by atoms with E-state index in [9.17, 15) is 12.8 Å². The number of thioether (sulfide) groups is 1. The van der Waals surface area contributed by atoms with Gasteiger partial charge in [-0.05, 0) is 12.1 Å². The van der Waals surface area contributed by atoms with E-state index >= 15 is 0 Å². The summed E-state index contributed by atoms with van der Waals surface area (Å²) < 4.78 is 38.9. The van der Waals surface area contributed by atoms with Gasteiger partial charge in [0.2, 0.25) is 10.0 Å². The Balaban J connectivity index is 2.35. The lowest BCUT2D eigenvalue weighted by Gasteiger charge is -2.25. The summed E-state index contributed by atoms with van der Waals surface area (Å²) in [4.78, 5) is -0.220. The Bertz CT molecular complexity index is 469. The first-order valence-electron chi connectivity index (χ1n) is 4.95. The van der Waals surface area contributed by atoms with Crippen LogP contribution in [0.25, 0.3) is 0 Å². The summed E-state index contributed by atoms with van der Waals surface area (Å²) in [5.41, 5.74) is 0. The average molecular weight is 261 g/mol. The number of rotatable bonds is 2. The predicted octanol–water partition coefficient (Wildman–Crippen LogP) is 1.56. The molecule has 1 fully saturated rings. The minimum atomic E-state index is -3.65. The van der Waals surface area contributed by atoms with Crippen LogP contribution in [0, 0.1) is 5.82 Å². The summed E-state index contributed by atoms with van der Waals surface area (Å²) in [6, 6.07) is 5.51. The first-order chi connectivity index (χ1) is 7.62. The molecule has 2 rings (SSSR count). The largest absolute Gasteiger partial charge is 0.246 e. The van der Waals surface area contributed by atoms with Crippen LogP contribution < -0.4 is 0 Å². The van der Waals surface area contributed by atoms with E-state index in [1.165, 1.54) is 28.6 Å². The second-order valence-corrected chi connectivity index (χ2v) is 6.58. The van der Waals surface area contributed by atoms with Crippen LogP contribution in [-0.2, 0) is 10.0 Å². The number of halogens is 1. The molecule has 1 aromatic rings. The highest BCUT2D eigenvalue weighted by atomic mass is 32.2. The molecule has 0 aliphatic carbocycles. The molecule has 0 saturated carbocycles. The second kappa shape index (κ2) is 4.73. The molecule has 1 aliphatic heterocycles. The molecule has 0 spiro atoms. The van der Waals surface area contributed by atoms with Gasteiger partial charge in [0.15, 0.2) is 0 Å². The highest BCUT2D eigenvalue weighted by molar-refractivity contribution is 7.99. The third kappa shape index (κ3) is 2.23. The van der Waals surface area contributed by atoms with Gasteiger partial charge < -0.3 is 0 Å². The predicted molar refractivity (Wildman–Crippen MR) is 62.5 cm³/mol. The third-order valence-corrected chi connectivity index (χ3v) is 5.30. The molecule has 6 heteroatoms. The maximum atomic E-state index is 13.4. The molecule has 0 unspecified atom stereocenters. The van der Waals surface area contributed by atoms with Crippen LogP contribution in [0.3, 0.4) is 0 Å². The summed E-state index contributed by atoms with van der Waals surface area (Å²) in [6.45, 7) is 0.919. The SMILES string of the molecule is O=S(=O)(c1ccccc1F)N1CCSCC1. The van der Waals surface area contributed by atoms with E-state index in [-0.39, 0.29) is 4.90 Å². The van der Waals surface area contributed by atoms with Crippen molar-refractivity contribution in [2.75, 3.05) is 24.6 Å². The van der Waals surface area contributed by atoms with Crippen molar-refractivity contribution in [3.63, 3.8) is 0 Å². The fraction of sp³-hybridized carbons (Fsp3) is 0.400. The first-order valence-corrected chi connectivity index (χ1v) is 7.54. The maximum Gasteiger partial charge on any atom is 0.246 e. The number of hydrogen-bond donors (Lipinski definition) is 0. The normalized spacial score (nSPS) is 18.6. The van der Waals surface area contributed by atoms with E-state index in [0.29, 0.717) is 13.1 Å². The molecule has 0 bridgehead atoms. The number of benzene rings is 1. The third-order valence-electron chi connectivity index (χ3n) is 2.42. The van der Waals surface area contributed by atoms with Crippen molar-refractivity contribution in [1.29, 1.82) is 0 Å². The van der Waals surface area contributed by atoms with Crippen LogP contribution in [-0.4, -0.2) is 37.3 Å². The van der Waals surface area contributed by atoms with Gasteiger partial charge in [-0.2, -0.15) is 16.1 Å². The molecule has 0 N–H and O–H groups in total. The van der Waals surface area contributed by atoms with Crippen LogP contribution in [0.4, 0.5) is 4.39 Å². The Morgan fingerprint density at radius 2 is 1.81 bits per heavy atom. The van der Waals surface area contributed by atoms with Gasteiger partial charge in [0.05, 0.1) is 0 Å². The Morgan fingerprint density at radius 1 is 1.19 bits per heavy atom. The fourth-order valence-electron chi connectivity index (χ4n) is 1.58. The zero-order valence-corrected chi connectivity index (χ0v) is 10.2. The molecule has 0 radical (unpaired) electrons. The Morgan fingerprint density at radius 3 is 2.44 bits per heavy atom. The van der Waals surface area contributed by atoms with Gasteiger partial charge in [0, 0.05) is 24.6 Å². The smallest absolute Gasteiger partial charge is 0.207 e. The quantitative estimate of drug-likeness (QED) is 0.811. The lowest BCUT2D eigenvalue weighted by molar-refractivity contribution is 0.438. The standard InChI is InChI=1S/C10H12FNO2S2/c11-9-3-1-2-4-10(9)16(13,14)12-5-7-15-8-6-12/h1-4H,5-8H2. The molecule has 3 nitrogen and oxygen atoms in total. The highest BCUT2D eigenvalue weighted by Gasteiger charge is 2.28. The van der Waals surface area contributed by atoms with E-state index in [1.807, 2.05) is 0 Å². The number of nitrogens with zero attached hydrogens (tertiary/aromatic N) is 1. The minimum absolute atomic E-state index is 0.220. The Kier molecular flexibility index (Phi) is 3.51. The average Bonchev–Trinajstić information content (AvgIpc) is 2.30. The molecule has 0 atom stereocenters. The fourth-order valence-corrected chi connectivity index (χ4v) is 4.22. The van der Waals surface area contributed by atoms with Crippen molar-refractivity contribution in [3.05, 3.63) is 30.1 Å². The van der Waals surface area contributed by atoms with Crippen LogP contribution in [0.1, 0.15) is 0 Å². The van der Waals surface area contributed by atoms with Crippen molar-refractivity contribution in [2.24, 2.45) is 0 Å². The van der Waals surface area contributed by atoms with E-state index < -0.39 is 15.8 Å². The monoisotopic (exact) mass is 261 g/mol. The molecule has 0 amide bonds. The number of sulfonamides is 1. The minimum Gasteiger partial charge on any atom is -0.207 e. The van der Waals surface area contributed by atoms with Gasteiger partial charge in [-0.3, -0.25) is 0 Å². The maximum absolute atomic E-state index is 13.4. The topological polar surface area (TPSA) is 37.4 Å². The lowest BCUT2D eigenvalue weighted by Crippen LogP contribution is -2.38.